The molecule has 1 saturated carbocycles. The van der Waals surface area contributed by atoms with Crippen molar-refractivity contribution < 1.29 is 5.11 Å². The number of likely N-dealkylation sites (tertiary alicyclic amines) is 1. The number of fused-ring (bicyclic) bond motifs is 1. The molecule has 3 heteroatoms. The molecule has 0 radical (unpaired) electrons. The highest BCUT2D eigenvalue weighted by Gasteiger charge is 2.41. The summed E-state index contributed by atoms with van der Waals surface area (Å²) in [7, 11) is 0. The lowest BCUT2D eigenvalue weighted by Crippen LogP contribution is -2.26. The molecule has 3 nitrogen and oxygen atoms in total. The van der Waals surface area contributed by atoms with Crippen molar-refractivity contribution in [2.45, 2.75) is 45.6 Å². The average molecular weight is 236 g/mol. The van der Waals surface area contributed by atoms with Crippen LogP contribution in [0.2, 0.25) is 0 Å². The second-order valence-electron chi connectivity index (χ2n) is 6.43. The maximum Gasteiger partial charge on any atom is 0.0683 e. The summed E-state index contributed by atoms with van der Waals surface area (Å²) in [6.07, 6.45) is 4.21. The molecular formula is C14H24N2O. The Hall–Kier alpha value is -0.590. The van der Waals surface area contributed by atoms with Crippen molar-refractivity contribution in [2.75, 3.05) is 19.6 Å². The zero-order valence-electron chi connectivity index (χ0n) is 11.0. The summed E-state index contributed by atoms with van der Waals surface area (Å²) in [5.41, 5.74) is -0.185. The van der Waals surface area contributed by atoms with Crippen molar-refractivity contribution in [2.24, 2.45) is 17.3 Å². The number of nitrogens with zero attached hydrogens (tertiary/aromatic N) is 2. The van der Waals surface area contributed by atoms with Crippen LogP contribution in [0, 0.1) is 28.6 Å². The second kappa shape index (κ2) is 4.96. The molecule has 0 aromatic rings. The zero-order valence-corrected chi connectivity index (χ0v) is 11.0. The number of hydrogen-bond donors (Lipinski definition) is 1. The van der Waals surface area contributed by atoms with Crippen LogP contribution in [0.1, 0.15) is 39.5 Å². The third kappa shape index (κ3) is 3.00. The first-order valence-electron chi connectivity index (χ1n) is 6.83. The van der Waals surface area contributed by atoms with Gasteiger partial charge in [-0.3, -0.25) is 0 Å². The van der Waals surface area contributed by atoms with Gasteiger partial charge in [0.1, 0.15) is 0 Å². The zero-order chi connectivity index (χ0) is 12.5. The van der Waals surface area contributed by atoms with E-state index in [2.05, 4.69) is 11.0 Å². The van der Waals surface area contributed by atoms with Crippen LogP contribution >= 0.6 is 0 Å². The first-order chi connectivity index (χ1) is 8.02. The van der Waals surface area contributed by atoms with Gasteiger partial charge in [0.25, 0.3) is 0 Å². The van der Waals surface area contributed by atoms with E-state index in [1.807, 2.05) is 13.8 Å². The van der Waals surface area contributed by atoms with Crippen molar-refractivity contribution >= 4 is 0 Å². The standard InChI is InChI=1S/C14H24N2O/c1-14(2,10-15)6-3-7-16-8-11-4-5-13(17)12(11)9-16/h11-13,17H,3-9H2,1-2H3. The minimum Gasteiger partial charge on any atom is -0.393 e. The van der Waals surface area contributed by atoms with E-state index >= 15 is 0 Å². The Morgan fingerprint density at radius 3 is 2.76 bits per heavy atom. The molecule has 2 aliphatic rings. The smallest absolute Gasteiger partial charge is 0.0683 e. The van der Waals surface area contributed by atoms with Crippen molar-refractivity contribution in [3.8, 4) is 6.07 Å². The van der Waals surface area contributed by atoms with Gasteiger partial charge in [0.15, 0.2) is 0 Å². The van der Waals surface area contributed by atoms with Crippen molar-refractivity contribution in [1.29, 1.82) is 5.26 Å². The normalized spacial score (nSPS) is 33.6. The highest BCUT2D eigenvalue weighted by atomic mass is 16.3. The Labute approximate surface area is 104 Å². The summed E-state index contributed by atoms with van der Waals surface area (Å²) >= 11 is 0. The van der Waals surface area contributed by atoms with Crippen LogP contribution in [-0.2, 0) is 0 Å². The average Bonchev–Trinajstić information content (AvgIpc) is 2.81. The summed E-state index contributed by atoms with van der Waals surface area (Å²) in [6.45, 7) is 7.34. The van der Waals surface area contributed by atoms with Gasteiger partial charge in [-0.05, 0) is 52.0 Å². The molecule has 1 aliphatic carbocycles. The Morgan fingerprint density at radius 1 is 1.35 bits per heavy atom. The Kier molecular flexibility index (Phi) is 3.75. The van der Waals surface area contributed by atoms with Crippen LogP contribution in [0.5, 0.6) is 0 Å². The monoisotopic (exact) mass is 236 g/mol. The SMILES string of the molecule is CC(C)(C#N)CCCN1CC2CCC(O)C2C1. The molecule has 2 fully saturated rings. The second-order valence-corrected chi connectivity index (χ2v) is 6.43. The fourth-order valence-electron chi connectivity index (χ4n) is 3.31. The Balaban J connectivity index is 1.71. The number of rotatable bonds is 4. The number of hydrogen-bond acceptors (Lipinski definition) is 3. The van der Waals surface area contributed by atoms with E-state index in [4.69, 9.17) is 5.26 Å². The predicted molar refractivity (Wildman–Crippen MR) is 67.3 cm³/mol. The van der Waals surface area contributed by atoms with Crippen LogP contribution < -0.4 is 0 Å². The van der Waals surface area contributed by atoms with Gasteiger partial charge in [-0.1, -0.05) is 0 Å². The molecule has 3 atom stereocenters. The molecule has 0 spiro atoms. The van der Waals surface area contributed by atoms with Gasteiger partial charge in [0, 0.05) is 19.0 Å². The first-order valence-corrected chi connectivity index (χ1v) is 6.83. The summed E-state index contributed by atoms with van der Waals surface area (Å²) in [5, 5.41) is 18.8. The maximum atomic E-state index is 9.84. The minimum atomic E-state index is -0.185. The molecular weight excluding hydrogens is 212 g/mol. The Bertz CT molecular complexity index is 308. The highest BCUT2D eigenvalue weighted by molar-refractivity contribution is 4.94. The van der Waals surface area contributed by atoms with Crippen LogP contribution in [0.4, 0.5) is 0 Å². The lowest BCUT2D eigenvalue weighted by atomic mass is 9.90. The van der Waals surface area contributed by atoms with E-state index < -0.39 is 0 Å². The van der Waals surface area contributed by atoms with Gasteiger partial charge >= 0.3 is 0 Å². The lowest BCUT2D eigenvalue weighted by molar-refractivity contribution is 0.124. The van der Waals surface area contributed by atoms with E-state index in [9.17, 15) is 5.11 Å². The van der Waals surface area contributed by atoms with Crippen molar-refractivity contribution in [1.82, 2.24) is 4.90 Å². The van der Waals surface area contributed by atoms with Crippen molar-refractivity contribution in [3.63, 3.8) is 0 Å². The van der Waals surface area contributed by atoms with E-state index in [0.29, 0.717) is 5.92 Å². The molecule has 0 bridgehead atoms. The van der Waals surface area contributed by atoms with Crippen molar-refractivity contribution in [3.05, 3.63) is 0 Å². The maximum absolute atomic E-state index is 9.84. The van der Waals surface area contributed by atoms with Crippen LogP contribution in [-0.4, -0.2) is 35.7 Å². The summed E-state index contributed by atoms with van der Waals surface area (Å²) in [5.74, 6) is 1.26. The van der Waals surface area contributed by atoms with E-state index in [1.54, 1.807) is 0 Å². The van der Waals surface area contributed by atoms with Gasteiger partial charge in [0.05, 0.1) is 17.6 Å². The molecule has 3 unspecified atom stereocenters. The van der Waals surface area contributed by atoms with Gasteiger partial charge in [-0.2, -0.15) is 5.26 Å². The molecule has 0 amide bonds. The molecule has 17 heavy (non-hydrogen) atoms. The fraction of sp³-hybridized carbons (Fsp3) is 0.929. The molecule has 0 aromatic heterocycles. The van der Waals surface area contributed by atoms with Crippen LogP contribution in [0.3, 0.4) is 0 Å². The third-order valence-corrected chi connectivity index (χ3v) is 4.47. The van der Waals surface area contributed by atoms with E-state index in [1.165, 1.54) is 6.42 Å². The van der Waals surface area contributed by atoms with Gasteiger partial charge in [-0.15, -0.1) is 0 Å². The molecule has 2 rings (SSSR count). The highest BCUT2D eigenvalue weighted by Crippen LogP contribution is 2.38. The Morgan fingerprint density at radius 2 is 2.12 bits per heavy atom. The third-order valence-electron chi connectivity index (χ3n) is 4.47. The summed E-state index contributed by atoms with van der Waals surface area (Å²) < 4.78 is 0. The molecule has 1 heterocycles. The van der Waals surface area contributed by atoms with E-state index in [0.717, 1.165) is 44.8 Å². The van der Waals surface area contributed by atoms with Gasteiger partial charge in [-0.25, -0.2) is 0 Å². The van der Waals surface area contributed by atoms with Gasteiger partial charge in [0.2, 0.25) is 0 Å². The topological polar surface area (TPSA) is 47.3 Å². The van der Waals surface area contributed by atoms with E-state index in [-0.39, 0.29) is 11.5 Å². The number of aliphatic hydroxyl groups excluding tert-OH is 1. The summed E-state index contributed by atoms with van der Waals surface area (Å²) in [4.78, 5) is 2.48. The number of aliphatic hydroxyl groups is 1. The number of nitriles is 1. The molecule has 96 valence electrons. The molecule has 0 aromatic carbocycles. The molecule has 1 saturated heterocycles. The van der Waals surface area contributed by atoms with Crippen LogP contribution in [0.15, 0.2) is 0 Å². The lowest BCUT2D eigenvalue weighted by Gasteiger charge is -2.20. The largest absolute Gasteiger partial charge is 0.393 e. The molecule has 1 N–H and O–H groups in total. The first kappa shape index (κ1) is 12.9. The van der Waals surface area contributed by atoms with Crippen LogP contribution in [0.25, 0.3) is 0 Å². The fourth-order valence-corrected chi connectivity index (χ4v) is 3.31. The molecule has 1 aliphatic heterocycles. The summed E-state index contributed by atoms with van der Waals surface area (Å²) in [6, 6.07) is 2.36. The quantitative estimate of drug-likeness (QED) is 0.812. The predicted octanol–water partition coefficient (Wildman–Crippen LogP) is 2.02. The van der Waals surface area contributed by atoms with Gasteiger partial charge < -0.3 is 10.0 Å². The minimum absolute atomic E-state index is 0.0550.